The van der Waals surface area contributed by atoms with E-state index >= 15 is 0 Å². The predicted molar refractivity (Wildman–Crippen MR) is 106 cm³/mol. The summed E-state index contributed by atoms with van der Waals surface area (Å²) in [4.78, 5) is 26.7. The number of carbonyl (C=O) groups excluding carboxylic acids is 2. The van der Waals surface area contributed by atoms with Crippen LogP contribution in [0.5, 0.6) is 5.75 Å². The van der Waals surface area contributed by atoms with Crippen molar-refractivity contribution in [1.29, 1.82) is 0 Å². The van der Waals surface area contributed by atoms with Gasteiger partial charge in [-0.25, -0.2) is 0 Å². The van der Waals surface area contributed by atoms with Crippen LogP contribution in [0, 0.1) is 19.8 Å². The first-order chi connectivity index (χ1) is 12.9. The summed E-state index contributed by atoms with van der Waals surface area (Å²) in [5.74, 6) is 0.463. The molecule has 142 valence electrons. The molecule has 1 N–H and O–H groups in total. The third kappa shape index (κ3) is 4.88. The largest absolute Gasteiger partial charge is 0.497 e. The molecule has 5 nitrogen and oxygen atoms in total. The normalized spacial score (nSPS) is 16.5. The van der Waals surface area contributed by atoms with E-state index in [9.17, 15) is 9.59 Å². The Kier molecular flexibility index (Phi) is 5.79. The maximum atomic E-state index is 12.6. The van der Waals surface area contributed by atoms with Gasteiger partial charge in [-0.2, -0.15) is 0 Å². The molecule has 0 aromatic heterocycles. The number of ether oxygens (including phenoxy) is 1. The lowest BCUT2D eigenvalue weighted by molar-refractivity contribution is -0.128. The molecule has 0 spiro atoms. The number of methoxy groups -OCH3 is 1. The van der Waals surface area contributed by atoms with Crippen molar-refractivity contribution in [3.63, 3.8) is 0 Å². The molecule has 1 saturated heterocycles. The van der Waals surface area contributed by atoms with Crippen molar-refractivity contribution >= 4 is 17.5 Å². The fourth-order valence-electron chi connectivity index (χ4n) is 3.55. The van der Waals surface area contributed by atoms with E-state index < -0.39 is 0 Å². The van der Waals surface area contributed by atoms with Crippen LogP contribution < -0.4 is 10.1 Å². The molecule has 2 amide bonds. The topological polar surface area (TPSA) is 58.6 Å². The van der Waals surface area contributed by atoms with Gasteiger partial charge in [-0.1, -0.05) is 18.2 Å². The molecule has 0 aliphatic carbocycles. The van der Waals surface area contributed by atoms with Crippen LogP contribution in [0.2, 0.25) is 0 Å². The zero-order valence-electron chi connectivity index (χ0n) is 16.1. The highest BCUT2D eigenvalue weighted by Gasteiger charge is 2.34. The van der Waals surface area contributed by atoms with Gasteiger partial charge >= 0.3 is 0 Å². The zero-order chi connectivity index (χ0) is 19.4. The smallest absolute Gasteiger partial charge is 0.229 e. The molecule has 0 bridgehead atoms. The van der Waals surface area contributed by atoms with Crippen LogP contribution in [0.15, 0.2) is 42.5 Å². The Hall–Kier alpha value is -2.82. The number of aryl methyl sites for hydroxylation is 2. The standard InChI is InChI=1S/C22H26N2O3/c1-15-9-16(2)11-19(10-15)23-22(26)18-13-21(25)24(14-18)8-7-17-5-4-6-20(12-17)27-3/h4-6,9-12,18H,7-8,13-14H2,1-3H3,(H,23,26). The van der Waals surface area contributed by atoms with Gasteiger partial charge < -0.3 is 15.0 Å². The van der Waals surface area contributed by atoms with E-state index in [1.165, 1.54) is 0 Å². The molecule has 1 atom stereocenters. The Morgan fingerprint density at radius 2 is 1.93 bits per heavy atom. The molecule has 1 unspecified atom stereocenters. The minimum absolute atomic E-state index is 0.0402. The van der Waals surface area contributed by atoms with Crippen LogP contribution >= 0.6 is 0 Å². The molecule has 1 aliphatic rings. The van der Waals surface area contributed by atoms with Crippen LogP contribution in [0.3, 0.4) is 0 Å². The number of amides is 2. The van der Waals surface area contributed by atoms with Crippen molar-refractivity contribution in [2.45, 2.75) is 26.7 Å². The average Bonchev–Trinajstić information content (AvgIpc) is 3.00. The Morgan fingerprint density at radius 1 is 1.19 bits per heavy atom. The lowest BCUT2D eigenvalue weighted by Crippen LogP contribution is -2.30. The summed E-state index contributed by atoms with van der Waals surface area (Å²) < 4.78 is 5.24. The number of hydrogen-bond acceptors (Lipinski definition) is 3. The van der Waals surface area contributed by atoms with Crippen molar-refractivity contribution in [1.82, 2.24) is 4.90 Å². The fraction of sp³-hybridized carbons (Fsp3) is 0.364. The van der Waals surface area contributed by atoms with E-state index in [1.807, 2.05) is 50.2 Å². The Morgan fingerprint density at radius 3 is 2.63 bits per heavy atom. The second-order valence-corrected chi connectivity index (χ2v) is 7.21. The molecular weight excluding hydrogens is 340 g/mol. The van der Waals surface area contributed by atoms with Crippen LogP contribution in [0.4, 0.5) is 5.69 Å². The fourth-order valence-corrected chi connectivity index (χ4v) is 3.55. The SMILES string of the molecule is COc1cccc(CCN2CC(C(=O)Nc3cc(C)cc(C)c3)CC2=O)c1. The van der Waals surface area contributed by atoms with Gasteiger partial charge in [0, 0.05) is 25.2 Å². The summed E-state index contributed by atoms with van der Waals surface area (Å²) >= 11 is 0. The minimum atomic E-state index is -0.302. The van der Waals surface area contributed by atoms with Gasteiger partial charge in [0.2, 0.25) is 11.8 Å². The summed E-state index contributed by atoms with van der Waals surface area (Å²) in [5, 5.41) is 2.96. The highest BCUT2D eigenvalue weighted by atomic mass is 16.5. The Bertz CT molecular complexity index is 827. The van der Waals surface area contributed by atoms with E-state index in [1.54, 1.807) is 12.0 Å². The van der Waals surface area contributed by atoms with E-state index in [2.05, 4.69) is 11.4 Å². The van der Waals surface area contributed by atoms with Crippen LogP contribution in [0.1, 0.15) is 23.1 Å². The molecule has 1 aliphatic heterocycles. The molecule has 2 aromatic rings. The summed E-state index contributed by atoms with van der Waals surface area (Å²) in [6.45, 7) is 5.09. The molecule has 1 heterocycles. The number of hydrogen-bond donors (Lipinski definition) is 1. The third-order valence-corrected chi connectivity index (χ3v) is 4.88. The van der Waals surface area contributed by atoms with Gasteiger partial charge in [0.25, 0.3) is 0 Å². The number of benzene rings is 2. The second-order valence-electron chi connectivity index (χ2n) is 7.21. The summed E-state index contributed by atoms with van der Waals surface area (Å²) in [6.07, 6.45) is 1.02. The van der Waals surface area contributed by atoms with E-state index in [4.69, 9.17) is 4.74 Å². The van der Waals surface area contributed by atoms with Crippen LogP contribution in [-0.2, 0) is 16.0 Å². The van der Waals surface area contributed by atoms with Crippen molar-refractivity contribution in [2.75, 3.05) is 25.5 Å². The van der Waals surface area contributed by atoms with Gasteiger partial charge in [0.05, 0.1) is 13.0 Å². The highest BCUT2D eigenvalue weighted by molar-refractivity contribution is 5.97. The summed E-state index contributed by atoms with van der Waals surface area (Å²) in [6, 6.07) is 13.8. The highest BCUT2D eigenvalue weighted by Crippen LogP contribution is 2.22. The van der Waals surface area contributed by atoms with Gasteiger partial charge in [-0.05, 0) is 61.2 Å². The van der Waals surface area contributed by atoms with Crippen molar-refractivity contribution in [3.8, 4) is 5.75 Å². The van der Waals surface area contributed by atoms with Crippen LogP contribution in [0.25, 0.3) is 0 Å². The molecule has 3 rings (SSSR count). The first-order valence-electron chi connectivity index (χ1n) is 9.24. The summed E-state index contributed by atoms with van der Waals surface area (Å²) in [7, 11) is 1.64. The average molecular weight is 366 g/mol. The zero-order valence-corrected chi connectivity index (χ0v) is 16.1. The van der Waals surface area contributed by atoms with Crippen molar-refractivity contribution in [2.24, 2.45) is 5.92 Å². The number of nitrogens with zero attached hydrogens (tertiary/aromatic N) is 1. The Labute approximate surface area is 160 Å². The summed E-state index contributed by atoms with van der Waals surface area (Å²) in [5.41, 5.74) is 4.12. The van der Waals surface area contributed by atoms with Gasteiger partial charge in [-0.15, -0.1) is 0 Å². The molecule has 2 aromatic carbocycles. The number of rotatable bonds is 6. The lowest BCUT2D eigenvalue weighted by atomic mass is 10.1. The third-order valence-electron chi connectivity index (χ3n) is 4.88. The monoisotopic (exact) mass is 366 g/mol. The maximum absolute atomic E-state index is 12.6. The quantitative estimate of drug-likeness (QED) is 0.853. The van der Waals surface area contributed by atoms with Crippen molar-refractivity contribution < 1.29 is 14.3 Å². The number of nitrogens with one attached hydrogen (secondary N) is 1. The molecule has 5 heteroatoms. The lowest BCUT2D eigenvalue weighted by Gasteiger charge is -2.17. The number of likely N-dealkylation sites (tertiary alicyclic amines) is 1. The van der Waals surface area contributed by atoms with E-state index in [0.717, 1.165) is 34.5 Å². The van der Waals surface area contributed by atoms with E-state index in [0.29, 0.717) is 13.1 Å². The minimum Gasteiger partial charge on any atom is -0.497 e. The molecule has 0 saturated carbocycles. The second kappa shape index (κ2) is 8.25. The molecule has 27 heavy (non-hydrogen) atoms. The number of anilines is 1. The first-order valence-corrected chi connectivity index (χ1v) is 9.24. The van der Waals surface area contributed by atoms with Crippen molar-refractivity contribution in [3.05, 3.63) is 59.2 Å². The van der Waals surface area contributed by atoms with Gasteiger partial charge in [0.15, 0.2) is 0 Å². The van der Waals surface area contributed by atoms with Crippen LogP contribution in [-0.4, -0.2) is 36.9 Å². The first kappa shape index (κ1) is 19.0. The van der Waals surface area contributed by atoms with Gasteiger partial charge in [0.1, 0.15) is 5.75 Å². The van der Waals surface area contributed by atoms with Gasteiger partial charge in [-0.3, -0.25) is 9.59 Å². The Balaban J connectivity index is 1.56. The predicted octanol–water partition coefficient (Wildman–Crippen LogP) is 3.34. The number of carbonyl (C=O) groups is 2. The van der Waals surface area contributed by atoms with E-state index in [-0.39, 0.29) is 24.2 Å². The molecule has 0 radical (unpaired) electrons. The maximum Gasteiger partial charge on any atom is 0.229 e. The molecule has 1 fully saturated rings. The molecular formula is C22H26N2O3.